The van der Waals surface area contributed by atoms with Gasteiger partial charge in [-0.1, -0.05) is 6.92 Å². The Morgan fingerprint density at radius 1 is 1.50 bits per heavy atom. The number of hydrazine groups is 1. The molecular formula is C9H21N3OS. The number of thioether (sulfide) groups is 1. The summed E-state index contributed by atoms with van der Waals surface area (Å²) in [6.07, 6.45) is 2.51. The summed E-state index contributed by atoms with van der Waals surface area (Å²) >= 11 is 1.90. The number of nitrogens with one attached hydrogen (secondary N) is 1. The molecule has 0 aromatic heterocycles. The van der Waals surface area contributed by atoms with E-state index in [-0.39, 0.29) is 5.91 Å². The summed E-state index contributed by atoms with van der Waals surface area (Å²) in [5, 5.41) is 0. The minimum Gasteiger partial charge on any atom is -0.330 e. The fourth-order valence-electron chi connectivity index (χ4n) is 0.914. The molecular weight excluding hydrogens is 198 g/mol. The second-order valence-electron chi connectivity index (χ2n) is 3.44. The number of amides is 1. The molecule has 0 saturated carbocycles. The topological polar surface area (TPSA) is 81.1 Å². The SMILES string of the molecule is CC(CN)CSCCCCC(=O)NN. The Hall–Kier alpha value is -0.260. The summed E-state index contributed by atoms with van der Waals surface area (Å²) in [7, 11) is 0. The molecule has 0 radical (unpaired) electrons. The third-order valence-electron chi connectivity index (χ3n) is 1.91. The van der Waals surface area contributed by atoms with Crippen molar-refractivity contribution in [2.24, 2.45) is 17.5 Å². The molecule has 14 heavy (non-hydrogen) atoms. The van der Waals surface area contributed by atoms with Crippen LogP contribution in [0.15, 0.2) is 0 Å². The van der Waals surface area contributed by atoms with Crippen LogP contribution >= 0.6 is 11.8 Å². The zero-order valence-electron chi connectivity index (χ0n) is 8.79. The summed E-state index contributed by atoms with van der Waals surface area (Å²) in [4.78, 5) is 10.7. The Morgan fingerprint density at radius 2 is 2.21 bits per heavy atom. The fraction of sp³-hybridized carbons (Fsp3) is 0.889. The standard InChI is InChI=1S/C9H21N3OS/c1-8(6-10)7-14-5-3-2-4-9(13)12-11/h8H,2-7,10-11H2,1H3,(H,12,13). The largest absolute Gasteiger partial charge is 0.330 e. The first kappa shape index (κ1) is 13.7. The van der Waals surface area contributed by atoms with Crippen molar-refractivity contribution in [2.45, 2.75) is 26.2 Å². The lowest BCUT2D eigenvalue weighted by atomic mass is 10.2. The van der Waals surface area contributed by atoms with Crippen LogP contribution in [-0.2, 0) is 4.79 Å². The zero-order valence-corrected chi connectivity index (χ0v) is 9.61. The zero-order chi connectivity index (χ0) is 10.8. The third-order valence-corrected chi connectivity index (χ3v) is 3.29. The third kappa shape index (κ3) is 8.34. The molecule has 0 heterocycles. The van der Waals surface area contributed by atoms with Crippen LogP contribution < -0.4 is 17.0 Å². The average Bonchev–Trinajstić information content (AvgIpc) is 2.22. The summed E-state index contributed by atoms with van der Waals surface area (Å²) in [5.41, 5.74) is 7.61. The number of unbranched alkanes of at least 4 members (excludes halogenated alkanes) is 1. The van der Waals surface area contributed by atoms with Crippen molar-refractivity contribution in [3.63, 3.8) is 0 Å². The van der Waals surface area contributed by atoms with Crippen LogP contribution in [0.3, 0.4) is 0 Å². The first-order valence-electron chi connectivity index (χ1n) is 4.98. The van der Waals surface area contributed by atoms with Crippen molar-refractivity contribution in [2.75, 3.05) is 18.1 Å². The molecule has 0 aromatic rings. The number of nitrogens with two attached hydrogens (primary N) is 2. The molecule has 84 valence electrons. The summed E-state index contributed by atoms with van der Waals surface area (Å²) in [6.45, 7) is 2.90. The number of carbonyl (C=O) groups is 1. The highest BCUT2D eigenvalue weighted by molar-refractivity contribution is 7.99. The maximum absolute atomic E-state index is 10.7. The van der Waals surface area contributed by atoms with Gasteiger partial charge in [0.1, 0.15) is 0 Å². The van der Waals surface area contributed by atoms with Gasteiger partial charge in [-0.05, 0) is 36.8 Å². The summed E-state index contributed by atoms with van der Waals surface area (Å²) in [6, 6.07) is 0. The van der Waals surface area contributed by atoms with Crippen molar-refractivity contribution in [3.05, 3.63) is 0 Å². The van der Waals surface area contributed by atoms with E-state index in [0.29, 0.717) is 12.3 Å². The van der Waals surface area contributed by atoms with E-state index in [0.717, 1.165) is 30.9 Å². The maximum Gasteiger partial charge on any atom is 0.233 e. The number of rotatable bonds is 8. The van der Waals surface area contributed by atoms with Crippen LogP contribution in [0.5, 0.6) is 0 Å². The monoisotopic (exact) mass is 219 g/mol. The Labute approximate surface area is 90.1 Å². The molecule has 0 aliphatic carbocycles. The number of hydrogen-bond donors (Lipinski definition) is 3. The predicted octanol–water partition coefficient (Wildman–Crippen LogP) is 0.475. The minimum atomic E-state index is -0.0784. The van der Waals surface area contributed by atoms with Gasteiger partial charge >= 0.3 is 0 Å². The van der Waals surface area contributed by atoms with Crippen LogP contribution in [0.4, 0.5) is 0 Å². The van der Waals surface area contributed by atoms with Crippen LogP contribution in [0, 0.1) is 5.92 Å². The van der Waals surface area contributed by atoms with Gasteiger partial charge in [-0.2, -0.15) is 11.8 Å². The molecule has 0 aliphatic rings. The van der Waals surface area contributed by atoms with E-state index in [1.165, 1.54) is 0 Å². The van der Waals surface area contributed by atoms with Crippen molar-refractivity contribution in [3.8, 4) is 0 Å². The van der Waals surface area contributed by atoms with Gasteiger partial charge in [0.25, 0.3) is 0 Å². The van der Waals surface area contributed by atoms with Gasteiger partial charge in [-0.25, -0.2) is 5.84 Å². The van der Waals surface area contributed by atoms with Gasteiger partial charge in [0.2, 0.25) is 5.91 Å². The van der Waals surface area contributed by atoms with Gasteiger partial charge in [-0.15, -0.1) is 0 Å². The number of carbonyl (C=O) groups excluding carboxylic acids is 1. The predicted molar refractivity (Wildman–Crippen MR) is 61.7 cm³/mol. The molecule has 0 saturated heterocycles. The first-order chi connectivity index (χ1) is 6.70. The van der Waals surface area contributed by atoms with E-state index in [4.69, 9.17) is 11.6 Å². The Morgan fingerprint density at radius 3 is 2.79 bits per heavy atom. The molecule has 5 heteroatoms. The molecule has 0 rings (SSSR count). The number of hydrogen-bond acceptors (Lipinski definition) is 4. The molecule has 5 N–H and O–H groups in total. The highest BCUT2D eigenvalue weighted by Crippen LogP contribution is 2.10. The molecule has 0 bridgehead atoms. The van der Waals surface area contributed by atoms with E-state index in [9.17, 15) is 4.79 Å². The van der Waals surface area contributed by atoms with Crippen LogP contribution in [0.1, 0.15) is 26.2 Å². The lowest BCUT2D eigenvalue weighted by Crippen LogP contribution is -2.29. The van der Waals surface area contributed by atoms with E-state index in [1.807, 2.05) is 11.8 Å². The van der Waals surface area contributed by atoms with Crippen LogP contribution in [0.2, 0.25) is 0 Å². The highest BCUT2D eigenvalue weighted by atomic mass is 32.2. The molecule has 0 spiro atoms. The quantitative estimate of drug-likeness (QED) is 0.240. The molecule has 0 fully saturated rings. The average molecular weight is 219 g/mol. The molecule has 0 aliphatic heterocycles. The Bertz CT molecular complexity index is 155. The molecule has 1 unspecified atom stereocenters. The van der Waals surface area contributed by atoms with E-state index >= 15 is 0 Å². The normalized spacial score (nSPS) is 12.5. The smallest absolute Gasteiger partial charge is 0.233 e. The van der Waals surface area contributed by atoms with Crippen molar-refractivity contribution in [1.82, 2.24) is 5.43 Å². The first-order valence-corrected chi connectivity index (χ1v) is 6.13. The van der Waals surface area contributed by atoms with E-state index in [1.54, 1.807) is 0 Å². The van der Waals surface area contributed by atoms with Crippen molar-refractivity contribution in [1.29, 1.82) is 0 Å². The maximum atomic E-state index is 10.7. The molecule has 1 amide bonds. The van der Waals surface area contributed by atoms with Crippen molar-refractivity contribution < 1.29 is 4.79 Å². The lowest BCUT2D eigenvalue weighted by Gasteiger charge is -2.06. The van der Waals surface area contributed by atoms with Crippen molar-refractivity contribution >= 4 is 17.7 Å². The van der Waals surface area contributed by atoms with E-state index < -0.39 is 0 Å². The van der Waals surface area contributed by atoms with E-state index in [2.05, 4.69) is 12.3 Å². The van der Waals surface area contributed by atoms with Crippen LogP contribution in [-0.4, -0.2) is 24.0 Å². The van der Waals surface area contributed by atoms with Gasteiger partial charge in [0.15, 0.2) is 0 Å². The molecule has 4 nitrogen and oxygen atoms in total. The second-order valence-corrected chi connectivity index (χ2v) is 4.59. The van der Waals surface area contributed by atoms with Gasteiger partial charge in [0, 0.05) is 6.42 Å². The highest BCUT2D eigenvalue weighted by Gasteiger charge is 2.00. The summed E-state index contributed by atoms with van der Waals surface area (Å²) in [5.74, 6) is 7.67. The second kappa shape index (κ2) is 9.30. The van der Waals surface area contributed by atoms with Gasteiger partial charge in [0.05, 0.1) is 0 Å². The molecule has 0 aromatic carbocycles. The van der Waals surface area contributed by atoms with Gasteiger partial charge in [-0.3, -0.25) is 10.2 Å². The minimum absolute atomic E-state index is 0.0784. The molecule has 1 atom stereocenters. The Kier molecular flexibility index (Phi) is 9.13. The summed E-state index contributed by atoms with van der Waals surface area (Å²) < 4.78 is 0. The van der Waals surface area contributed by atoms with Crippen LogP contribution in [0.25, 0.3) is 0 Å². The van der Waals surface area contributed by atoms with Gasteiger partial charge < -0.3 is 5.73 Å². The Balaban J connectivity index is 3.10. The fourth-order valence-corrected chi connectivity index (χ4v) is 2.03. The lowest BCUT2D eigenvalue weighted by molar-refractivity contribution is -0.121.